The summed E-state index contributed by atoms with van der Waals surface area (Å²) in [5.74, 6) is 0. The smallest absolute Gasteiger partial charge is 0.293 e. The maximum atomic E-state index is 12.4. The first kappa shape index (κ1) is 20.6. The minimum atomic E-state index is -3.82. The van der Waals surface area contributed by atoms with Crippen LogP contribution in [0.15, 0.2) is 23.1 Å². The molecule has 1 saturated heterocycles. The summed E-state index contributed by atoms with van der Waals surface area (Å²) < 4.78 is 27.4. The Morgan fingerprint density at radius 1 is 1.35 bits per heavy atom. The Kier molecular flexibility index (Phi) is 6.25. The van der Waals surface area contributed by atoms with Crippen molar-refractivity contribution in [1.82, 2.24) is 9.62 Å². The second-order valence-corrected chi connectivity index (χ2v) is 9.28. The molecule has 9 heteroatoms. The van der Waals surface area contributed by atoms with Gasteiger partial charge in [0.25, 0.3) is 5.69 Å². The molecule has 2 N–H and O–H groups in total. The molecule has 1 aromatic rings. The third kappa shape index (κ3) is 5.15. The Bertz CT molecular complexity index is 759. The molecular formula is C17H28N4O4S. The van der Waals surface area contributed by atoms with Crippen LogP contribution < -0.4 is 10.0 Å². The Hall–Kier alpha value is -1.71. The van der Waals surface area contributed by atoms with E-state index in [0.717, 1.165) is 32.0 Å². The lowest BCUT2D eigenvalue weighted by molar-refractivity contribution is -0.384. The number of anilines is 1. The normalized spacial score (nSPS) is 18.8. The van der Waals surface area contributed by atoms with Crippen LogP contribution in [0, 0.1) is 10.1 Å². The lowest BCUT2D eigenvalue weighted by Gasteiger charge is -2.23. The number of nitrogens with one attached hydrogen (secondary N) is 2. The maximum Gasteiger partial charge on any atom is 0.293 e. The Morgan fingerprint density at radius 3 is 2.62 bits per heavy atom. The first-order chi connectivity index (χ1) is 12.0. The van der Waals surface area contributed by atoms with Crippen molar-refractivity contribution in [2.45, 2.75) is 57.0 Å². The summed E-state index contributed by atoms with van der Waals surface area (Å²) in [6.45, 7) is 9.84. The summed E-state index contributed by atoms with van der Waals surface area (Å²) >= 11 is 0. The van der Waals surface area contributed by atoms with Crippen LogP contribution in [0.1, 0.15) is 40.5 Å². The van der Waals surface area contributed by atoms with E-state index >= 15 is 0 Å². The number of nitrogens with zero attached hydrogens (tertiary/aromatic N) is 2. The molecule has 146 valence electrons. The number of sulfonamides is 1. The summed E-state index contributed by atoms with van der Waals surface area (Å²) in [6.07, 6.45) is 2.18. The quantitative estimate of drug-likeness (QED) is 0.553. The highest BCUT2D eigenvalue weighted by molar-refractivity contribution is 7.89. The standard InChI is InChI=1S/C17H28N4O4S/c1-5-20-10-6-7-13(20)12-18-15-9-8-14(11-16(15)21(22)23)26(24,25)19-17(2,3)4/h8-9,11,13,18-19H,5-7,10,12H2,1-4H3/t13-/m0/s1. The van der Waals surface area contributed by atoms with Gasteiger partial charge in [0.1, 0.15) is 5.69 Å². The predicted octanol–water partition coefficient (Wildman–Crippen LogP) is 2.57. The van der Waals surface area contributed by atoms with Crippen molar-refractivity contribution in [3.8, 4) is 0 Å². The molecule has 8 nitrogen and oxygen atoms in total. The molecule has 0 radical (unpaired) electrons. The first-order valence-corrected chi connectivity index (χ1v) is 10.3. The van der Waals surface area contributed by atoms with Crippen LogP contribution in [-0.2, 0) is 10.0 Å². The minimum Gasteiger partial charge on any atom is -0.378 e. The number of hydrogen-bond acceptors (Lipinski definition) is 6. The van der Waals surface area contributed by atoms with Crippen molar-refractivity contribution < 1.29 is 13.3 Å². The van der Waals surface area contributed by atoms with Gasteiger partial charge >= 0.3 is 0 Å². The summed E-state index contributed by atoms with van der Waals surface area (Å²) in [4.78, 5) is 13.1. The molecule has 2 rings (SSSR count). The molecule has 1 aliphatic rings. The molecule has 1 atom stereocenters. The highest BCUT2D eigenvalue weighted by Gasteiger charge is 2.27. The number of likely N-dealkylation sites (tertiary alicyclic amines) is 1. The van der Waals surface area contributed by atoms with E-state index in [4.69, 9.17) is 0 Å². The molecule has 26 heavy (non-hydrogen) atoms. The molecule has 0 aliphatic carbocycles. The van der Waals surface area contributed by atoms with Crippen molar-refractivity contribution in [3.05, 3.63) is 28.3 Å². The molecule has 0 spiro atoms. The van der Waals surface area contributed by atoms with E-state index in [1.54, 1.807) is 20.8 Å². The molecular weight excluding hydrogens is 356 g/mol. The van der Waals surface area contributed by atoms with E-state index in [1.165, 1.54) is 12.1 Å². The third-order valence-corrected chi connectivity index (χ3v) is 6.11. The molecule has 1 fully saturated rings. The zero-order valence-corrected chi connectivity index (χ0v) is 16.6. The van der Waals surface area contributed by atoms with E-state index in [0.29, 0.717) is 18.3 Å². The number of nitro groups is 1. The van der Waals surface area contributed by atoms with E-state index < -0.39 is 20.5 Å². The highest BCUT2D eigenvalue weighted by atomic mass is 32.2. The fraction of sp³-hybridized carbons (Fsp3) is 0.647. The number of rotatable bonds is 7. The van der Waals surface area contributed by atoms with Gasteiger partial charge in [0, 0.05) is 24.2 Å². The molecule has 1 aromatic carbocycles. The van der Waals surface area contributed by atoms with Crippen LogP contribution in [0.5, 0.6) is 0 Å². The minimum absolute atomic E-state index is 0.110. The van der Waals surface area contributed by atoms with Crippen molar-refractivity contribution in [1.29, 1.82) is 0 Å². The van der Waals surface area contributed by atoms with Gasteiger partial charge in [0.2, 0.25) is 10.0 Å². The number of hydrogen-bond donors (Lipinski definition) is 2. The van der Waals surface area contributed by atoms with Crippen molar-refractivity contribution in [3.63, 3.8) is 0 Å². The molecule has 1 aliphatic heterocycles. The second-order valence-electron chi connectivity index (χ2n) is 7.60. The Morgan fingerprint density at radius 2 is 2.04 bits per heavy atom. The van der Waals surface area contributed by atoms with Crippen molar-refractivity contribution >= 4 is 21.4 Å². The number of likely N-dealkylation sites (N-methyl/N-ethyl adjacent to an activating group) is 1. The van der Waals surface area contributed by atoms with Crippen LogP contribution in [0.2, 0.25) is 0 Å². The van der Waals surface area contributed by atoms with Crippen molar-refractivity contribution in [2.24, 2.45) is 0 Å². The zero-order chi connectivity index (χ0) is 19.5. The first-order valence-electron chi connectivity index (χ1n) is 8.84. The Labute approximate surface area is 155 Å². The molecule has 0 unspecified atom stereocenters. The summed E-state index contributed by atoms with van der Waals surface area (Å²) in [6, 6.07) is 4.32. The van der Waals surface area contributed by atoms with Gasteiger partial charge in [0.15, 0.2) is 0 Å². The van der Waals surface area contributed by atoms with Crippen LogP contribution in [0.25, 0.3) is 0 Å². The van der Waals surface area contributed by atoms with E-state index in [9.17, 15) is 18.5 Å². The van der Waals surface area contributed by atoms with Gasteiger partial charge in [-0.1, -0.05) is 6.92 Å². The highest BCUT2D eigenvalue weighted by Crippen LogP contribution is 2.29. The lowest BCUT2D eigenvalue weighted by atomic mass is 10.1. The van der Waals surface area contributed by atoms with Crippen LogP contribution in [0.4, 0.5) is 11.4 Å². The summed E-state index contributed by atoms with van der Waals surface area (Å²) in [5.41, 5.74) is -0.563. The zero-order valence-electron chi connectivity index (χ0n) is 15.8. The largest absolute Gasteiger partial charge is 0.378 e. The van der Waals surface area contributed by atoms with Gasteiger partial charge in [0.05, 0.1) is 9.82 Å². The van der Waals surface area contributed by atoms with Gasteiger partial charge in [-0.05, 0) is 58.8 Å². The fourth-order valence-corrected chi connectivity index (χ4v) is 4.65. The van der Waals surface area contributed by atoms with Gasteiger partial charge in [-0.2, -0.15) is 0 Å². The molecule has 0 amide bonds. The maximum absolute atomic E-state index is 12.4. The monoisotopic (exact) mass is 384 g/mol. The summed E-state index contributed by atoms with van der Waals surface area (Å²) in [7, 11) is -3.82. The fourth-order valence-electron chi connectivity index (χ4n) is 3.21. The average molecular weight is 385 g/mol. The van der Waals surface area contributed by atoms with Crippen LogP contribution in [0.3, 0.4) is 0 Å². The summed E-state index contributed by atoms with van der Waals surface area (Å²) in [5, 5.41) is 14.6. The molecule has 0 aromatic heterocycles. The predicted molar refractivity (Wildman–Crippen MR) is 102 cm³/mol. The Balaban J connectivity index is 2.22. The molecule has 1 heterocycles. The number of benzene rings is 1. The molecule has 0 saturated carbocycles. The second kappa shape index (κ2) is 7.89. The topological polar surface area (TPSA) is 105 Å². The van der Waals surface area contributed by atoms with E-state index in [2.05, 4.69) is 21.9 Å². The number of nitro benzene ring substituents is 1. The van der Waals surface area contributed by atoms with Crippen LogP contribution >= 0.6 is 0 Å². The van der Waals surface area contributed by atoms with E-state index in [-0.39, 0.29) is 10.6 Å². The lowest BCUT2D eigenvalue weighted by Crippen LogP contribution is -2.40. The van der Waals surface area contributed by atoms with Gasteiger partial charge < -0.3 is 5.32 Å². The average Bonchev–Trinajstić information content (AvgIpc) is 2.97. The van der Waals surface area contributed by atoms with Crippen molar-refractivity contribution in [2.75, 3.05) is 25.0 Å². The third-order valence-electron chi connectivity index (χ3n) is 4.35. The molecule has 0 bridgehead atoms. The van der Waals surface area contributed by atoms with Gasteiger partial charge in [-0.3, -0.25) is 15.0 Å². The SMILES string of the molecule is CCN1CCC[C@H]1CNc1ccc(S(=O)(=O)NC(C)(C)C)cc1[N+](=O)[O-]. The van der Waals surface area contributed by atoms with Gasteiger partial charge in [-0.15, -0.1) is 0 Å². The van der Waals surface area contributed by atoms with Crippen LogP contribution in [-0.4, -0.2) is 49.5 Å². The van der Waals surface area contributed by atoms with E-state index in [1.807, 2.05) is 0 Å². The van der Waals surface area contributed by atoms with Gasteiger partial charge in [-0.25, -0.2) is 13.1 Å².